The molecule has 2 nitrogen and oxygen atoms in total. The van der Waals surface area contributed by atoms with Crippen molar-refractivity contribution in [3.63, 3.8) is 0 Å². The van der Waals surface area contributed by atoms with E-state index in [1.807, 2.05) is 0 Å². The molecule has 3 unspecified atom stereocenters. The molecule has 19 heavy (non-hydrogen) atoms. The second kappa shape index (κ2) is 6.06. The van der Waals surface area contributed by atoms with Crippen LogP contribution in [0.15, 0.2) is 24.3 Å². The average Bonchev–Trinajstić information content (AvgIpc) is 2.40. The Morgan fingerprint density at radius 2 is 2.11 bits per heavy atom. The van der Waals surface area contributed by atoms with Crippen LogP contribution in [0.4, 0.5) is 0 Å². The number of ether oxygens (including phenoxy) is 1. The maximum absolute atomic E-state index is 6.03. The Labute approximate surface area is 117 Å². The van der Waals surface area contributed by atoms with Crippen molar-refractivity contribution in [1.29, 1.82) is 0 Å². The first-order valence-electron chi connectivity index (χ1n) is 7.53. The quantitative estimate of drug-likeness (QED) is 0.811. The minimum absolute atomic E-state index is 0.0615. The highest BCUT2D eigenvalue weighted by Gasteiger charge is 2.36. The molecule has 0 saturated carbocycles. The van der Waals surface area contributed by atoms with Crippen molar-refractivity contribution in [2.75, 3.05) is 13.7 Å². The first-order chi connectivity index (χ1) is 9.14. The van der Waals surface area contributed by atoms with Gasteiger partial charge in [0.15, 0.2) is 0 Å². The third-order valence-corrected chi connectivity index (χ3v) is 4.74. The zero-order chi connectivity index (χ0) is 13.9. The molecule has 0 heterocycles. The Hall–Kier alpha value is -0.860. The highest BCUT2D eigenvalue weighted by atomic mass is 16.5. The standard InChI is InChI=1S/C17H27NO/c1-5-17(3,19-6-2)16(18-4)12-14-11-13-9-7-8-10-15(13)14/h7-10,14,16,18H,5-6,11-12H2,1-4H3. The van der Waals surface area contributed by atoms with E-state index in [1.54, 1.807) is 0 Å². The second-order valence-corrected chi connectivity index (χ2v) is 5.78. The first-order valence-corrected chi connectivity index (χ1v) is 7.53. The molecule has 2 heteroatoms. The van der Waals surface area contributed by atoms with Gasteiger partial charge in [0.2, 0.25) is 0 Å². The molecule has 0 aliphatic heterocycles. The number of nitrogens with one attached hydrogen (secondary N) is 1. The Morgan fingerprint density at radius 3 is 2.68 bits per heavy atom. The SMILES string of the molecule is CCOC(C)(CC)C(CC1Cc2ccccc21)NC. The zero-order valence-corrected chi connectivity index (χ0v) is 12.7. The summed E-state index contributed by atoms with van der Waals surface area (Å²) in [6.07, 6.45) is 3.43. The number of hydrogen-bond acceptors (Lipinski definition) is 2. The summed E-state index contributed by atoms with van der Waals surface area (Å²) in [6, 6.07) is 9.24. The maximum Gasteiger partial charge on any atom is 0.0804 e. The van der Waals surface area contributed by atoms with Crippen molar-refractivity contribution in [2.24, 2.45) is 0 Å². The lowest BCUT2D eigenvalue weighted by molar-refractivity contribution is -0.0571. The van der Waals surface area contributed by atoms with Crippen LogP contribution < -0.4 is 5.32 Å². The van der Waals surface area contributed by atoms with Gasteiger partial charge in [0.1, 0.15) is 0 Å². The molecule has 2 rings (SSSR count). The predicted molar refractivity (Wildman–Crippen MR) is 80.7 cm³/mol. The van der Waals surface area contributed by atoms with E-state index in [9.17, 15) is 0 Å². The average molecular weight is 261 g/mol. The molecule has 1 aromatic rings. The topological polar surface area (TPSA) is 21.3 Å². The Morgan fingerprint density at radius 1 is 1.37 bits per heavy atom. The highest BCUT2D eigenvalue weighted by Crippen LogP contribution is 2.40. The van der Waals surface area contributed by atoms with Crippen LogP contribution >= 0.6 is 0 Å². The molecule has 0 spiro atoms. The largest absolute Gasteiger partial charge is 0.374 e. The van der Waals surface area contributed by atoms with Crippen molar-refractivity contribution < 1.29 is 4.74 Å². The van der Waals surface area contributed by atoms with E-state index in [1.165, 1.54) is 17.5 Å². The Balaban J connectivity index is 2.05. The van der Waals surface area contributed by atoms with Crippen LogP contribution in [0.25, 0.3) is 0 Å². The van der Waals surface area contributed by atoms with Gasteiger partial charge in [-0.25, -0.2) is 0 Å². The van der Waals surface area contributed by atoms with Gasteiger partial charge in [-0.05, 0) is 57.2 Å². The van der Waals surface area contributed by atoms with Crippen molar-refractivity contribution in [2.45, 2.75) is 57.6 Å². The van der Waals surface area contributed by atoms with Gasteiger partial charge >= 0.3 is 0 Å². The number of benzene rings is 1. The molecule has 0 radical (unpaired) electrons. The van der Waals surface area contributed by atoms with Crippen LogP contribution in [0, 0.1) is 0 Å². The Kier molecular flexibility index (Phi) is 4.64. The summed E-state index contributed by atoms with van der Waals surface area (Å²) in [5.41, 5.74) is 3.00. The molecule has 0 saturated heterocycles. The highest BCUT2D eigenvalue weighted by molar-refractivity contribution is 5.40. The van der Waals surface area contributed by atoms with Gasteiger partial charge in [-0.2, -0.15) is 0 Å². The third-order valence-electron chi connectivity index (χ3n) is 4.74. The molecule has 0 aromatic heterocycles. The van der Waals surface area contributed by atoms with Gasteiger partial charge in [-0.15, -0.1) is 0 Å². The number of hydrogen-bond donors (Lipinski definition) is 1. The van der Waals surface area contributed by atoms with Crippen molar-refractivity contribution >= 4 is 0 Å². The summed E-state index contributed by atoms with van der Waals surface area (Å²) in [5, 5.41) is 3.48. The molecule has 1 N–H and O–H groups in total. The summed E-state index contributed by atoms with van der Waals surface area (Å²) in [6.45, 7) is 7.32. The minimum atomic E-state index is -0.0615. The van der Waals surface area contributed by atoms with Crippen LogP contribution in [-0.4, -0.2) is 25.3 Å². The van der Waals surface area contributed by atoms with Crippen molar-refractivity contribution in [3.05, 3.63) is 35.4 Å². The molecule has 0 bridgehead atoms. The van der Waals surface area contributed by atoms with E-state index in [2.05, 4.69) is 57.4 Å². The lowest BCUT2D eigenvalue weighted by Gasteiger charge is -2.41. The minimum Gasteiger partial charge on any atom is -0.374 e. The molecule has 0 fully saturated rings. The van der Waals surface area contributed by atoms with Gasteiger partial charge in [0, 0.05) is 12.6 Å². The first kappa shape index (κ1) is 14.5. The summed E-state index contributed by atoms with van der Waals surface area (Å²) in [5.74, 6) is 0.694. The fourth-order valence-electron chi connectivity index (χ4n) is 3.31. The fourth-order valence-corrected chi connectivity index (χ4v) is 3.31. The van der Waals surface area contributed by atoms with Crippen LogP contribution in [0.2, 0.25) is 0 Å². The van der Waals surface area contributed by atoms with Crippen molar-refractivity contribution in [1.82, 2.24) is 5.32 Å². The lowest BCUT2D eigenvalue weighted by atomic mass is 9.72. The third kappa shape index (κ3) is 2.85. The summed E-state index contributed by atoms with van der Waals surface area (Å²) < 4.78 is 6.03. The summed E-state index contributed by atoms with van der Waals surface area (Å²) >= 11 is 0. The van der Waals surface area contributed by atoms with Gasteiger partial charge in [0.05, 0.1) is 5.60 Å². The van der Waals surface area contributed by atoms with Gasteiger partial charge in [-0.3, -0.25) is 0 Å². The van der Waals surface area contributed by atoms with Crippen LogP contribution in [-0.2, 0) is 11.2 Å². The number of rotatable bonds is 7. The van der Waals surface area contributed by atoms with Crippen LogP contribution in [0.3, 0.4) is 0 Å². The molecular formula is C17H27NO. The van der Waals surface area contributed by atoms with Crippen LogP contribution in [0.1, 0.15) is 50.7 Å². The summed E-state index contributed by atoms with van der Waals surface area (Å²) in [4.78, 5) is 0. The lowest BCUT2D eigenvalue weighted by Crippen LogP contribution is -2.50. The van der Waals surface area contributed by atoms with E-state index in [4.69, 9.17) is 4.74 Å². The van der Waals surface area contributed by atoms with E-state index in [0.717, 1.165) is 19.4 Å². The molecule has 1 aromatic carbocycles. The molecular weight excluding hydrogens is 234 g/mol. The second-order valence-electron chi connectivity index (χ2n) is 5.78. The predicted octanol–water partition coefficient (Wildman–Crippen LogP) is 3.51. The number of likely N-dealkylation sites (N-methyl/N-ethyl adjacent to an activating group) is 1. The molecule has 0 amide bonds. The van der Waals surface area contributed by atoms with Gasteiger partial charge < -0.3 is 10.1 Å². The fraction of sp³-hybridized carbons (Fsp3) is 0.647. The molecule has 1 aliphatic rings. The molecule has 3 atom stereocenters. The normalized spacial score (nSPS) is 22.2. The molecule has 1 aliphatic carbocycles. The monoisotopic (exact) mass is 261 g/mol. The van der Waals surface area contributed by atoms with E-state index in [-0.39, 0.29) is 5.60 Å². The Bertz CT molecular complexity index is 417. The summed E-state index contributed by atoms with van der Waals surface area (Å²) in [7, 11) is 2.06. The zero-order valence-electron chi connectivity index (χ0n) is 12.7. The van der Waals surface area contributed by atoms with Crippen molar-refractivity contribution in [3.8, 4) is 0 Å². The van der Waals surface area contributed by atoms with E-state index in [0.29, 0.717) is 12.0 Å². The smallest absolute Gasteiger partial charge is 0.0804 e. The molecule has 106 valence electrons. The number of fused-ring (bicyclic) bond motifs is 1. The van der Waals surface area contributed by atoms with E-state index < -0.39 is 0 Å². The van der Waals surface area contributed by atoms with Gasteiger partial charge in [-0.1, -0.05) is 31.2 Å². The van der Waals surface area contributed by atoms with Crippen LogP contribution in [0.5, 0.6) is 0 Å². The van der Waals surface area contributed by atoms with Gasteiger partial charge in [0.25, 0.3) is 0 Å². The maximum atomic E-state index is 6.03. The van der Waals surface area contributed by atoms with E-state index >= 15 is 0 Å².